The zero-order valence-corrected chi connectivity index (χ0v) is 32.8. The maximum absolute atomic E-state index is 12.7. The van der Waals surface area contributed by atoms with Crippen LogP contribution in [0.25, 0.3) is 0 Å². The highest BCUT2D eigenvalue weighted by Gasteiger charge is 2.51. The number of para-hydroxylation sites is 1. The summed E-state index contributed by atoms with van der Waals surface area (Å²) in [6, 6.07) is 12.6. The van der Waals surface area contributed by atoms with Crippen molar-refractivity contribution in [3.8, 4) is 0 Å². The molecule has 0 fully saturated rings. The van der Waals surface area contributed by atoms with E-state index in [2.05, 4.69) is 119 Å². The molecule has 2 heterocycles. The molecule has 0 spiro atoms. The van der Waals surface area contributed by atoms with Crippen LogP contribution in [0.5, 0.6) is 0 Å². The van der Waals surface area contributed by atoms with Crippen molar-refractivity contribution in [2.24, 2.45) is 5.92 Å². The highest BCUT2D eigenvalue weighted by Crippen LogP contribution is 2.54. The van der Waals surface area contributed by atoms with Crippen LogP contribution in [0, 0.1) is 13.1 Å². The van der Waals surface area contributed by atoms with Gasteiger partial charge in [-0.25, -0.2) is 0 Å². The van der Waals surface area contributed by atoms with Gasteiger partial charge in [-0.3, -0.25) is 9.35 Å². The van der Waals surface area contributed by atoms with Crippen molar-refractivity contribution in [2.75, 3.05) is 24.2 Å². The Morgan fingerprint density at radius 1 is 1.02 bits per heavy atom. The van der Waals surface area contributed by atoms with Crippen molar-refractivity contribution in [1.82, 2.24) is 0 Å². The van der Waals surface area contributed by atoms with E-state index < -0.39 is 27.4 Å². The Morgan fingerprint density at radius 3 is 2.38 bits per heavy atom. The Hall–Kier alpha value is -2.29. The molecule has 0 saturated carbocycles. The van der Waals surface area contributed by atoms with Crippen LogP contribution in [0.3, 0.4) is 0 Å². The molecule has 2 unspecified atom stereocenters. The van der Waals surface area contributed by atoms with Crippen LogP contribution in [0.1, 0.15) is 70.9 Å². The van der Waals surface area contributed by atoms with Crippen LogP contribution in [0.4, 0.5) is 11.4 Å². The lowest BCUT2D eigenvalue weighted by Crippen LogP contribution is -2.39. The number of hydrogen-bond donors (Lipinski definition) is 2. The van der Waals surface area contributed by atoms with Gasteiger partial charge in [0.05, 0.1) is 17.1 Å². The molecule has 252 valence electrons. The van der Waals surface area contributed by atoms with Gasteiger partial charge in [0.2, 0.25) is 5.69 Å². The normalized spacial score (nSPS) is 20.7. The van der Waals surface area contributed by atoms with Gasteiger partial charge in [0.15, 0.2) is 5.71 Å². The number of hydrogen-bond acceptors (Lipinski definition) is 4. The zero-order valence-electron chi connectivity index (χ0n) is 27.7. The van der Waals surface area contributed by atoms with E-state index in [1.54, 1.807) is 0 Å². The minimum absolute atomic E-state index is 0.232. The smallest absolute Gasteiger partial charge is 0.307 e. The van der Waals surface area contributed by atoms with Crippen molar-refractivity contribution >= 4 is 78.4 Å². The zero-order chi connectivity index (χ0) is 34.6. The first-order valence-electron chi connectivity index (χ1n) is 16.0. The monoisotopic (exact) mass is 883 g/mol. The molecule has 2 aliphatic rings. The predicted molar refractivity (Wildman–Crippen MR) is 209 cm³/mol. The van der Waals surface area contributed by atoms with Gasteiger partial charge >= 0.3 is 5.97 Å². The molecule has 0 aliphatic carbocycles. The summed E-state index contributed by atoms with van der Waals surface area (Å²) in [4.78, 5) is 14.9. The third-order valence-corrected chi connectivity index (χ3v) is 11.7. The lowest BCUT2D eigenvalue weighted by molar-refractivity contribution is -0.438. The first kappa shape index (κ1) is 37.5. The molecule has 7 nitrogen and oxygen atoms in total. The summed E-state index contributed by atoms with van der Waals surface area (Å²) in [5.74, 6) is -1.56. The van der Waals surface area contributed by atoms with Crippen molar-refractivity contribution in [3.05, 3.63) is 103 Å². The highest BCUT2D eigenvalue weighted by molar-refractivity contribution is 14.1. The molecule has 10 heteroatoms. The van der Waals surface area contributed by atoms with Gasteiger partial charge < -0.3 is 10.0 Å². The summed E-state index contributed by atoms with van der Waals surface area (Å²) in [6.07, 6.45) is 17.5. The van der Waals surface area contributed by atoms with Crippen molar-refractivity contribution in [2.45, 2.75) is 70.6 Å². The van der Waals surface area contributed by atoms with Crippen LogP contribution in [-0.2, 0) is 25.7 Å². The fourth-order valence-electron chi connectivity index (χ4n) is 7.07. The van der Waals surface area contributed by atoms with E-state index in [-0.39, 0.29) is 11.2 Å². The van der Waals surface area contributed by atoms with Gasteiger partial charge in [-0.05, 0) is 97.0 Å². The van der Waals surface area contributed by atoms with E-state index in [0.717, 1.165) is 48.3 Å². The number of halogens is 2. The second-order valence-corrected chi connectivity index (χ2v) is 16.9. The maximum atomic E-state index is 12.7. The van der Waals surface area contributed by atoms with E-state index in [1.165, 1.54) is 5.56 Å². The van der Waals surface area contributed by atoms with Gasteiger partial charge in [-0.2, -0.15) is 13.0 Å². The minimum atomic E-state index is -3.98. The van der Waals surface area contributed by atoms with Gasteiger partial charge in [-0.15, -0.1) is 0 Å². The standard InChI is InChI=1S/C37H44I2N2O5S/c1-6-7-17-28(35(42)43)37(4)33(40(5)31-25-26(38)24-29(39)34(31)37)21-12-10-8-9-11-20-32-36(2,3)27-18-13-14-19-30(27)41(32)22-15-16-23-47(44,45)46/h8-14,18-21,24-25,28H,6-7,15-17,22-23H2,1-5H3,(H-,42,43,44,45,46)/p+1. The first-order chi connectivity index (χ1) is 22.1. The van der Waals surface area contributed by atoms with Crippen LogP contribution >= 0.6 is 45.2 Å². The fraction of sp³-hybridized carbons (Fsp3) is 0.405. The van der Waals surface area contributed by atoms with E-state index in [9.17, 15) is 18.3 Å². The maximum Gasteiger partial charge on any atom is 0.307 e. The van der Waals surface area contributed by atoms with Crippen molar-refractivity contribution < 1.29 is 27.4 Å². The van der Waals surface area contributed by atoms with E-state index in [1.807, 2.05) is 49.6 Å². The van der Waals surface area contributed by atoms with Gasteiger partial charge in [0.1, 0.15) is 6.54 Å². The Kier molecular flexibility index (Phi) is 12.4. The second-order valence-electron chi connectivity index (χ2n) is 12.9. The summed E-state index contributed by atoms with van der Waals surface area (Å²) in [5, 5.41) is 10.4. The fourth-order valence-corrected chi connectivity index (χ4v) is 10.0. The lowest BCUT2D eigenvalue weighted by atomic mass is 9.69. The number of allylic oxidation sites excluding steroid dienone is 8. The topological polar surface area (TPSA) is 97.9 Å². The Bertz CT molecular complexity index is 1770. The average molecular weight is 884 g/mol. The van der Waals surface area contributed by atoms with Gasteiger partial charge in [0, 0.05) is 60.7 Å². The molecule has 2 aliphatic heterocycles. The Balaban J connectivity index is 1.60. The van der Waals surface area contributed by atoms with Gasteiger partial charge in [0.25, 0.3) is 10.1 Å². The average Bonchev–Trinajstić information content (AvgIpc) is 3.33. The van der Waals surface area contributed by atoms with Crippen LogP contribution < -0.4 is 4.90 Å². The molecule has 2 aromatic rings. The summed E-state index contributed by atoms with van der Waals surface area (Å²) in [7, 11) is -1.95. The van der Waals surface area contributed by atoms with E-state index in [4.69, 9.17) is 4.55 Å². The molecular weight excluding hydrogens is 838 g/mol. The van der Waals surface area contributed by atoms with Crippen LogP contribution in [0.15, 0.2) is 84.6 Å². The summed E-state index contributed by atoms with van der Waals surface area (Å²) in [5.41, 5.74) is 5.67. The summed E-state index contributed by atoms with van der Waals surface area (Å²) < 4.78 is 36.0. The van der Waals surface area contributed by atoms with Gasteiger partial charge in [-0.1, -0.05) is 68.3 Å². The summed E-state index contributed by atoms with van der Waals surface area (Å²) in [6.45, 7) is 9.22. The number of carboxylic acids is 1. The molecule has 0 bridgehead atoms. The largest absolute Gasteiger partial charge is 0.481 e. The third kappa shape index (κ3) is 8.13. The minimum Gasteiger partial charge on any atom is -0.481 e. The number of unbranched alkanes of at least 4 members (excludes halogenated alkanes) is 2. The molecule has 4 rings (SSSR count). The number of likely N-dealkylation sites (N-methyl/N-ethyl adjacent to an activating group) is 1. The Morgan fingerprint density at radius 2 is 1.70 bits per heavy atom. The number of nitrogens with zero attached hydrogens (tertiary/aromatic N) is 2. The molecule has 47 heavy (non-hydrogen) atoms. The van der Waals surface area contributed by atoms with Crippen molar-refractivity contribution in [3.63, 3.8) is 0 Å². The Labute approximate surface area is 307 Å². The van der Waals surface area contributed by atoms with Crippen LogP contribution in [-0.4, -0.2) is 53.7 Å². The molecule has 2 atom stereocenters. The number of benzene rings is 2. The number of fused-ring (bicyclic) bond motifs is 2. The third-order valence-electron chi connectivity index (χ3n) is 9.44. The number of aliphatic carboxylic acids is 1. The molecule has 2 N–H and O–H groups in total. The van der Waals surface area contributed by atoms with Crippen molar-refractivity contribution in [1.29, 1.82) is 0 Å². The molecule has 0 amide bonds. The second kappa shape index (κ2) is 15.5. The SMILES string of the molecule is CCCCC(C(=O)O)C1(C)/C(=C/C=C/C=C/C=C/C2=[N+](CCCCS(=O)(=O)O)c3ccccc3C2(C)C)N(C)c2cc(I)cc(I)c21. The van der Waals surface area contributed by atoms with E-state index in [0.29, 0.717) is 25.8 Å². The summed E-state index contributed by atoms with van der Waals surface area (Å²) >= 11 is 4.68. The number of anilines is 1. The van der Waals surface area contributed by atoms with E-state index >= 15 is 0 Å². The predicted octanol–water partition coefficient (Wildman–Crippen LogP) is 8.79. The number of carbonyl (C=O) groups is 1. The highest BCUT2D eigenvalue weighted by atomic mass is 127. The lowest BCUT2D eigenvalue weighted by Gasteiger charge is -2.35. The molecule has 0 aromatic heterocycles. The number of rotatable bonds is 14. The quantitative estimate of drug-likeness (QED) is 0.0648. The van der Waals surface area contributed by atoms with Crippen LogP contribution in [0.2, 0.25) is 0 Å². The number of carboxylic acid groups (broad SMARTS) is 1. The molecular formula is C37H45I2N2O5S+. The molecule has 0 radical (unpaired) electrons. The molecule has 0 saturated heterocycles. The molecule has 2 aromatic carbocycles. The first-order valence-corrected chi connectivity index (χ1v) is 19.8.